The van der Waals surface area contributed by atoms with Crippen molar-refractivity contribution in [2.75, 3.05) is 18.4 Å². The number of aromatic amines is 1. The molecule has 6 nitrogen and oxygen atoms in total. The molecule has 1 aliphatic heterocycles. The van der Waals surface area contributed by atoms with Gasteiger partial charge in [0.2, 0.25) is 5.89 Å². The zero-order valence-electron chi connectivity index (χ0n) is 14.0. The topological polar surface area (TPSA) is 83.0 Å². The first-order valence-corrected chi connectivity index (χ1v) is 8.07. The molecule has 2 heterocycles. The number of H-pyrrole nitrogens is 1. The van der Waals surface area contributed by atoms with Crippen molar-refractivity contribution in [3.8, 4) is 11.5 Å². The average Bonchev–Trinajstić information content (AvgIpc) is 3.17. The molecular formula is C16H20ClF3N4O2. The van der Waals surface area contributed by atoms with Crippen molar-refractivity contribution in [2.24, 2.45) is 5.92 Å². The number of rotatable bonds is 5. The van der Waals surface area contributed by atoms with Crippen LogP contribution in [-0.2, 0) is 6.18 Å². The van der Waals surface area contributed by atoms with Gasteiger partial charge in [-0.1, -0.05) is 0 Å². The largest absolute Gasteiger partial charge is 0.434 e. The van der Waals surface area contributed by atoms with Crippen LogP contribution in [-0.4, -0.2) is 29.3 Å². The summed E-state index contributed by atoms with van der Waals surface area (Å²) in [4.78, 5) is 11.1. The van der Waals surface area contributed by atoms with Gasteiger partial charge in [-0.25, -0.2) is 9.89 Å². The molecule has 0 spiro atoms. The van der Waals surface area contributed by atoms with Crippen molar-refractivity contribution >= 4 is 18.1 Å². The highest BCUT2D eigenvalue weighted by atomic mass is 35.5. The fraction of sp³-hybridized carbons (Fsp3) is 0.500. The van der Waals surface area contributed by atoms with E-state index in [1.165, 1.54) is 12.1 Å². The van der Waals surface area contributed by atoms with Crippen LogP contribution in [0.2, 0.25) is 0 Å². The van der Waals surface area contributed by atoms with Gasteiger partial charge in [0.1, 0.15) is 0 Å². The van der Waals surface area contributed by atoms with Gasteiger partial charge in [0.15, 0.2) is 0 Å². The molecular weight excluding hydrogens is 373 g/mol. The summed E-state index contributed by atoms with van der Waals surface area (Å²) in [6.45, 7) is 3.69. The Morgan fingerprint density at radius 1 is 1.42 bits per heavy atom. The Hall–Kier alpha value is -2.00. The van der Waals surface area contributed by atoms with Gasteiger partial charge < -0.3 is 15.1 Å². The number of anilines is 1. The van der Waals surface area contributed by atoms with E-state index in [1.807, 2.05) is 6.92 Å². The smallest absolute Gasteiger partial charge is 0.388 e. The number of nitrogens with one attached hydrogen (secondary N) is 3. The minimum atomic E-state index is -4.48. The third-order valence-corrected chi connectivity index (χ3v) is 4.26. The molecule has 1 aliphatic rings. The third kappa shape index (κ3) is 4.79. The standard InChI is InChI=1S/C16H19F3N4O2.ClH/c1-9(6-10-4-5-20-8-10)21-13-7-11(14-22-23-15(24)25-14)2-3-12(13)16(17,18)19;/h2-3,7,9-10,20-21H,4-6,8H2,1H3,(H,23,24);1H/t9?,10-;/m1./s1. The summed E-state index contributed by atoms with van der Waals surface area (Å²) in [6, 6.07) is 3.38. The molecule has 1 aromatic carbocycles. The van der Waals surface area contributed by atoms with E-state index < -0.39 is 17.5 Å². The zero-order valence-corrected chi connectivity index (χ0v) is 14.8. The molecule has 1 saturated heterocycles. The fourth-order valence-electron chi connectivity index (χ4n) is 3.14. The van der Waals surface area contributed by atoms with Crippen LogP contribution in [0.25, 0.3) is 11.5 Å². The quantitative estimate of drug-likeness (QED) is 0.727. The molecule has 1 aromatic heterocycles. The normalized spacial score (nSPS) is 18.4. The predicted octanol–water partition coefficient (Wildman–Crippen LogP) is 3.27. The number of aromatic nitrogens is 2. The SMILES string of the molecule is CC(C[C@H]1CCNC1)Nc1cc(-c2n[nH]c(=O)o2)ccc1C(F)(F)F.Cl. The highest BCUT2D eigenvalue weighted by Gasteiger charge is 2.34. The lowest BCUT2D eigenvalue weighted by Crippen LogP contribution is -2.23. The van der Waals surface area contributed by atoms with Crippen molar-refractivity contribution < 1.29 is 17.6 Å². The van der Waals surface area contributed by atoms with Crippen LogP contribution in [0.5, 0.6) is 0 Å². The number of hydrogen-bond acceptors (Lipinski definition) is 5. The van der Waals surface area contributed by atoms with Crippen molar-refractivity contribution in [3.63, 3.8) is 0 Å². The summed E-state index contributed by atoms with van der Waals surface area (Å²) in [5.74, 6) is -0.356. The first kappa shape index (κ1) is 20.3. The molecule has 1 unspecified atom stereocenters. The lowest BCUT2D eigenvalue weighted by molar-refractivity contribution is -0.137. The van der Waals surface area contributed by atoms with Gasteiger partial charge in [0.25, 0.3) is 0 Å². The Balaban J connectivity index is 0.00000243. The predicted molar refractivity (Wildman–Crippen MR) is 93.5 cm³/mol. The Morgan fingerprint density at radius 2 is 2.19 bits per heavy atom. The molecule has 0 saturated carbocycles. The van der Waals surface area contributed by atoms with Crippen LogP contribution in [0, 0.1) is 5.92 Å². The zero-order chi connectivity index (χ0) is 18.0. The van der Waals surface area contributed by atoms with Crippen LogP contribution in [0.4, 0.5) is 18.9 Å². The summed E-state index contributed by atoms with van der Waals surface area (Å²) in [7, 11) is 0. The summed E-state index contributed by atoms with van der Waals surface area (Å²) in [5.41, 5.74) is -0.511. The summed E-state index contributed by atoms with van der Waals surface area (Å²) >= 11 is 0. The number of halogens is 4. The fourth-order valence-corrected chi connectivity index (χ4v) is 3.14. The maximum atomic E-state index is 13.3. The second-order valence-corrected chi connectivity index (χ2v) is 6.32. The third-order valence-electron chi connectivity index (χ3n) is 4.26. The summed E-state index contributed by atoms with van der Waals surface area (Å²) in [6.07, 6.45) is -2.69. The molecule has 0 amide bonds. The molecule has 3 rings (SSSR count). The summed E-state index contributed by atoms with van der Waals surface area (Å²) in [5, 5.41) is 12.0. The van der Waals surface area contributed by atoms with Crippen LogP contribution in [0.15, 0.2) is 27.4 Å². The van der Waals surface area contributed by atoms with Gasteiger partial charge in [-0.3, -0.25) is 0 Å². The average molecular weight is 393 g/mol. The minimum absolute atomic E-state index is 0. The second kappa shape index (κ2) is 8.13. The van der Waals surface area contributed by atoms with E-state index in [1.54, 1.807) is 0 Å². The number of hydrogen-bond donors (Lipinski definition) is 3. The molecule has 3 N–H and O–H groups in total. The minimum Gasteiger partial charge on any atom is -0.388 e. The first-order chi connectivity index (χ1) is 11.8. The van der Waals surface area contributed by atoms with E-state index in [2.05, 4.69) is 20.8 Å². The number of alkyl halides is 3. The van der Waals surface area contributed by atoms with E-state index in [4.69, 9.17) is 4.42 Å². The van der Waals surface area contributed by atoms with Crippen LogP contribution in [0.3, 0.4) is 0 Å². The lowest BCUT2D eigenvalue weighted by Gasteiger charge is -2.22. The molecule has 2 aromatic rings. The highest BCUT2D eigenvalue weighted by molar-refractivity contribution is 5.85. The van der Waals surface area contributed by atoms with Crippen LogP contribution < -0.4 is 16.4 Å². The van der Waals surface area contributed by atoms with Crippen molar-refractivity contribution in [1.29, 1.82) is 0 Å². The Kier molecular flexibility index (Phi) is 6.35. The van der Waals surface area contributed by atoms with Crippen LogP contribution in [0.1, 0.15) is 25.3 Å². The van der Waals surface area contributed by atoms with E-state index in [-0.39, 0.29) is 30.0 Å². The molecule has 0 radical (unpaired) electrons. The Labute approximate surface area is 154 Å². The maximum absolute atomic E-state index is 13.3. The van der Waals surface area contributed by atoms with Crippen LogP contribution >= 0.6 is 12.4 Å². The Morgan fingerprint density at radius 3 is 2.77 bits per heavy atom. The van der Waals surface area contributed by atoms with Gasteiger partial charge in [-0.15, -0.1) is 17.5 Å². The van der Waals surface area contributed by atoms with E-state index in [9.17, 15) is 18.0 Å². The molecule has 10 heteroatoms. The molecule has 144 valence electrons. The van der Waals surface area contributed by atoms with Gasteiger partial charge in [-0.2, -0.15) is 13.2 Å². The van der Waals surface area contributed by atoms with E-state index in [0.717, 1.165) is 32.0 Å². The molecule has 2 atom stereocenters. The van der Waals surface area contributed by atoms with Crippen molar-refractivity contribution in [2.45, 2.75) is 32.0 Å². The van der Waals surface area contributed by atoms with Gasteiger partial charge in [-0.05, 0) is 57.0 Å². The second-order valence-electron chi connectivity index (χ2n) is 6.32. The first-order valence-electron chi connectivity index (χ1n) is 8.07. The van der Waals surface area contributed by atoms with Crippen molar-refractivity contribution in [3.05, 3.63) is 34.3 Å². The maximum Gasteiger partial charge on any atom is 0.434 e. The van der Waals surface area contributed by atoms with E-state index >= 15 is 0 Å². The van der Waals surface area contributed by atoms with Gasteiger partial charge >= 0.3 is 11.9 Å². The Bertz CT molecular complexity index is 784. The van der Waals surface area contributed by atoms with E-state index in [0.29, 0.717) is 11.5 Å². The molecule has 1 fully saturated rings. The van der Waals surface area contributed by atoms with Gasteiger partial charge in [0.05, 0.1) is 5.56 Å². The molecule has 26 heavy (non-hydrogen) atoms. The number of benzene rings is 1. The lowest BCUT2D eigenvalue weighted by atomic mass is 9.99. The van der Waals surface area contributed by atoms with Gasteiger partial charge in [0, 0.05) is 17.3 Å². The molecule has 0 bridgehead atoms. The molecule has 0 aliphatic carbocycles. The summed E-state index contributed by atoms with van der Waals surface area (Å²) < 4.78 is 44.7. The number of nitrogens with zero attached hydrogens (tertiary/aromatic N) is 1. The van der Waals surface area contributed by atoms with Crippen molar-refractivity contribution in [1.82, 2.24) is 15.5 Å². The highest BCUT2D eigenvalue weighted by Crippen LogP contribution is 2.37. The monoisotopic (exact) mass is 392 g/mol.